The van der Waals surface area contributed by atoms with Crippen LogP contribution in [0, 0.1) is 0 Å². The summed E-state index contributed by atoms with van der Waals surface area (Å²) in [6, 6.07) is 9.10. The van der Waals surface area contributed by atoms with Crippen molar-refractivity contribution in [1.82, 2.24) is 20.1 Å². The molecule has 0 unspecified atom stereocenters. The minimum absolute atomic E-state index is 0.0294. The number of anilines is 1. The Balaban J connectivity index is 1.51. The quantitative estimate of drug-likeness (QED) is 0.691. The highest BCUT2D eigenvalue weighted by Crippen LogP contribution is 2.19. The van der Waals surface area contributed by atoms with Crippen LogP contribution in [0.4, 0.5) is 5.69 Å². The fourth-order valence-electron chi connectivity index (χ4n) is 3.01. The second kappa shape index (κ2) is 5.84. The number of nitrogens with zero attached hydrogens (tertiary/aromatic N) is 2. The third kappa shape index (κ3) is 2.54. The molecule has 1 fully saturated rings. The molecular formula is C17H17N5O2. The Morgan fingerprint density at radius 3 is 2.79 bits per heavy atom. The smallest absolute Gasteiger partial charge is 0.276 e. The first kappa shape index (κ1) is 14.5. The fraction of sp³-hybridized carbons (Fsp3) is 0.235. The summed E-state index contributed by atoms with van der Waals surface area (Å²) in [5.74, 6) is -0.343. The Morgan fingerprint density at radius 2 is 1.96 bits per heavy atom. The molecule has 0 aliphatic carbocycles. The second-order valence-corrected chi connectivity index (χ2v) is 5.87. The van der Waals surface area contributed by atoms with E-state index >= 15 is 0 Å². The van der Waals surface area contributed by atoms with Gasteiger partial charge in [0.25, 0.3) is 11.8 Å². The van der Waals surface area contributed by atoms with Gasteiger partial charge in [0.15, 0.2) is 5.69 Å². The van der Waals surface area contributed by atoms with Crippen molar-refractivity contribution in [1.29, 1.82) is 0 Å². The molecule has 1 aromatic carbocycles. The minimum atomic E-state index is -0.313. The number of aromatic nitrogens is 3. The highest BCUT2D eigenvalue weighted by Gasteiger charge is 2.21. The molecule has 3 N–H and O–H groups in total. The lowest BCUT2D eigenvalue weighted by atomic mass is 10.2. The molecule has 1 saturated heterocycles. The number of amides is 2. The Bertz CT molecular complexity index is 904. The minimum Gasteiger partial charge on any atom is -0.355 e. The SMILES string of the molecule is O=C(Nc1c[nH]c(C(=O)N2CCCC2)c1)c1n[nH]c2ccccc12. The number of hydrogen-bond acceptors (Lipinski definition) is 3. The summed E-state index contributed by atoms with van der Waals surface area (Å²) in [6.07, 6.45) is 3.71. The van der Waals surface area contributed by atoms with Crippen LogP contribution < -0.4 is 5.32 Å². The first-order valence-electron chi connectivity index (χ1n) is 7.94. The van der Waals surface area contributed by atoms with Crippen LogP contribution in [-0.2, 0) is 0 Å². The zero-order valence-corrected chi connectivity index (χ0v) is 13.0. The number of carbonyl (C=O) groups is 2. The maximum atomic E-state index is 12.4. The van der Waals surface area contributed by atoms with Gasteiger partial charge in [0.05, 0.1) is 11.2 Å². The Hall–Kier alpha value is -3.09. The zero-order chi connectivity index (χ0) is 16.5. The largest absolute Gasteiger partial charge is 0.355 e. The molecule has 1 aliphatic rings. The van der Waals surface area contributed by atoms with E-state index < -0.39 is 0 Å². The van der Waals surface area contributed by atoms with Gasteiger partial charge in [-0.3, -0.25) is 14.7 Å². The van der Waals surface area contributed by atoms with Crippen LogP contribution in [0.25, 0.3) is 10.9 Å². The average molecular weight is 323 g/mol. The van der Waals surface area contributed by atoms with Crippen LogP contribution in [0.5, 0.6) is 0 Å². The van der Waals surface area contributed by atoms with Crippen molar-refractivity contribution in [3.05, 3.63) is 47.9 Å². The summed E-state index contributed by atoms with van der Waals surface area (Å²) < 4.78 is 0. The molecule has 1 aliphatic heterocycles. The van der Waals surface area contributed by atoms with Gasteiger partial charge in [-0.2, -0.15) is 5.10 Å². The molecule has 0 atom stereocenters. The summed E-state index contributed by atoms with van der Waals surface area (Å²) >= 11 is 0. The van der Waals surface area contributed by atoms with Crippen molar-refractivity contribution < 1.29 is 9.59 Å². The first-order chi connectivity index (χ1) is 11.7. The van der Waals surface area contributed by atoms with E-state index in [4.69, 9.17) is 0 Å². The van der Waals surface area contributed by atoms with Crippen LogP contribution in [0.2, 0.25) is 0 Å². The highest BCUT2D eigenvalue weighted by molar-refractivity contribution is 6.11. The number of fused-ring (bicyclic) bond motifs is 1. The van der Waals surface area contributed by atoms with E-state index in [1.54, 1.807) is 12.3 Å². The number of aromatic amines is 2. The summed E-state index contributed by atoms with van der Waals surface area (Å²) in [5, 5.41) is 10.5. The molecule has 0 spiro atoms. The van der Waals surface area contributed by atoms with E-state index in [0.717, 1.165) is 36.8 Å². The average Bonchev–Trinajstić information content (AvgIpc) is 3.34. The van der Waals surface area contributed by atoms with E-state index in [2.05, 4.69) is 20.5 Å². The van der Waals surface area contributed by atoms with Crippen LogP contribution in [0.1, 0.15) is 33.8 Å². The maximum absolute atomic E-state index is 12.4. The summed E-state index contributed by atoms with van der Waals surface area (Å²) in [4.78, 5) is 29.5. The van der Waals surface area contributed by atoms with Crippen LogP contribution in [0.15, 0.2) is 36.5 Å². The maximum Gasteiger partial charge on any atom is 0.276 e. The Morgan fingerprint density at radius 1 is 1.17 bits per heavy atom. The van der Waals surface area contributed by atoms with E-state index in [0.29, 0.717) is 17.1 Å². The molecule has 0 saturated carbocycles. The Kier molecular flexibility index (Phi) is 3.53. The van der Waals surface area contributed by atoms with E-state index in [1.165, 1.54) is 0 Å². The van der Waals surface area contributed by atoms with Crippen molar-refractivity contribution in [3.8, 4) is 0 Å². The van der Waals surface area contributed by atoms with Crippen molar-refractivity contribution >= 4 is 28.4 Å². The van der Waals surface area contributed by atoms with Gasteiger partial charge in [-0.1, -0.05) is 18.2 Å². The van der Waals surface area contributed by atoms with Crippen molar-refractivity contribution in [2.75, 3.05) is 18.4 Å². The molecular weight excluding hydrogens is 306 g/mol. The molecule has 0 bridgehead atoms. The zero-order valence-electron chi connectivity index (χ0n) is 13.0. The highest BCUT2D eigenvalue weighted by atomic mass is 16.2. The number of H-pyrrole nitrogens is 2. The van der Waals surface area contributed by atoms with Crippen molar-refractivity contribution in [3.63, 3.8) is 0 Å². The van der Waals surface area contributed by atoms with Gasteiger partial charge in [-0.25, -0.2) is 0 Å². The molecule has 0 radical (unpaired) electrons. The molecule has 2 aromatic heterocycles. The second-order valence-electron chi connectivity index (χ2n) is 5.87. The lowest BCUT2D eigenvalue weighted by Gasteiger charge is -2.13. The van der Waals surface area contributed by atoms with Gasteiger partial charge < -0.3 is 15.2 Å². The van der Waals surface area contributed by atoms with E-state index in [-0.39, 0.29) is 11.8 Å². The van der Waals surface area contributed by atoms with Gasteiger partial charge in [-0.05, 0) is 25.0 Å². The van der Waals surface area contributed by atoms with Gasteiger partial charge in [0.2, 0.25) is 0 Å². The van der Waals surface area contributed by atoms with Gasteiger partial charge in [0.1, 0.15) is 5.69 Å². The number of benzene rings is 1. The number of likely N-dealkylation sites (tertiary alicyclic amines) is 1. The number of carbonyl (C=O) groups excluding carboxylic acids is 2. The molecule has 122 valence electrons. The summed E-state index contributed by atoms with van der Waals surface area (Å²) in [5.41, 5.74) is 2.18. The number of nitrogens with one attached hydrogen (secondary N) is 3. The molecule has 2 amide bonds. The third-order valence-electron chi connectivity index (χ3n) is 4.25. The lowest BCUT2D eigenvalue weighted by Crippen LogP contribution is -2.27. The van der Waals surface area contributed by atoms with Gasteiger partial charge in [-0.15, -0.1) is 0 Å². The summed E-state index contributed by atoms with van der Waals surface area (Å²) in [7, 11) is 0. The molecule has 3 aromatic rings. The van der Waals surface area contributed by atoms with Crippen LogP contribution in [0.3, 0.4) is 0 Å². The normalized spacial score (nSPS) is 14.2. The fourth-order valence-corrected chi connectivity index (χ4v) is 3.01. The molecule has 7 nitrogen and oxygen atoms in total. The summed E-state index contributed by atoms with van der Waals surface area (Å²) in [6.45, 7) is 1.58. The molecule has 4 rings (SSSR count). The van der Waals surface area contributed by atoms with Crippen molar-refractivity contribution in [2.24, 2.45) is 0 Å². The Labute approximate surface area is 138 Å². The lowest BCUT2D eigenvalue weighted by molar-refractivity contribution is 0.0787. The predicted molar refractivity (Wildman–Crippen MR) is 90.0 cm³/mol. The molecule has 3 heterocycles. The van der Waals surface area contributed by atoms with Gasteiger partial charge >= 0.3 is 0 Å². The van der Waals surface area contributed by atoms with Crippen LogP contribution in [-0.4, -0.2) is 45.0 Å². The van der Waals surface area contributed by atoms with Crippen molar-refractivity contribution in [2.45, 2.75) is 12.8 Å². The molecule has 7 heteroatoms. The number of rotatable bonds is 3. The predicted octanol–water partition coefficient (Wildman–Crippen LogP) is 2.38. The van der Waals surface area contributed by atoms with E-state index in [9.17, 15) is 9.59 Å². The van der Waals surface area contributed by atoms with E-state index in [1.807, 2.05) is 29.2 Å². The number of hydrogen-bond donors (Lipinski definition) is 3. The van der Waals surface area contributed by atoms with Gasteiger partial charge in [0, 0.05) is 24.7 Å². The number of para-hydroxylation sites is 1. The topological polar surface area (TPSA) is 93.9 Å². The first-order valence-corrected chi connectivity index (χ1v) is 7.94. The molecule has 24 heavy (non-hydrogen) atoms. The standard InChI is InChI=1S/C17H17N5O2/c23-16(15-12-5-1-2-6-13(12)20-21-15)19-11-9-14(18-10-11)17(24)22-7-3-4-8-22/h1-2,5-6,9-10,18H,3-4,7-8H2,(H,19,23)(H,20,21). The van der Waals surface area contributed by atoms with Crippen LogP contribution >= 0.6 is 0 Å². The third-order valence-corrected chi connectivity index (χ3v) is 4.25. The monoisotopic (exact) mass is 323 g/mol.